The normalized spacial score (nSPS) is 10.8. The van der Waals surface area contributed by atoms with Crippen LogP contribution >= 0.6 is 0 Å². The average Bonchev–Trinajstić information content (AvgIpc) is 3.38. The fourth-order valence-electron chi connectivity index (χ4n) is 3.09. The number of anilines is 1. The Kier molecular flexibility index (Phi) is 5.79. The van der Waals surface area contributed by atoms with Gasteiger partial charge >= 0.3 is 0 Å². The number of carbonyl (C=O) groups excluding carboxylic acids is 1. The maximum atomic E-state index is 13.3. The topological polar surface area (TPSA) is 74.0 Å². The van der Waals surface area contributed by atoms with Crippen molar-refractivity contribution in [3.05, 3.63) is 95.3 Å². The predicted octanol–water partition coefficient (Wildman–Crippen LogP) is 4.17. The van der Waals surface area contributed by atoms with E-state index in [1.165, 1.54) is 18.3 Å². The number of benzene rings is 2. The zero-order valence-electron chi connectivity index (χ0n) is 17.2. The van der Waals surface area contributed by atoms with Gasteiger partial charge in [-0.15, -0.1) is 0 Å². The Morgan fingerprint density at radius 3 is 2.84 bits per heavy atom. The Balaban J connectivity index is 1.35. The van der Waals surface area contributed by atoms with E-state index in [0.717, 1.165) is 22.4 Å². The standard InChI is InChI=1S/C23H22FN5O2/c1-16-6-7-17(2)22(10-16)31-15-28-9-8-21(27-28)23(30)26-20-12-25-29(14-20)13-18-4-3-5-19(24)11-18/h3-12,14H,13,15H2,1-2H3,(H,26,30). The second kappa shape index (κ2) is 8.83. The molecule has 1 amide bonds. The third-order valence-corrected chi connectivity index (χ3v) is 4.69. The number of rotatable bonds is 7. The molecule has 0 saturated heterocycles. The molecule has 0 unspecified atom stereocenters. The zero-order chi connectivity index (χ0) is 21.8. The van der Waals surface area contributed by atoms with Crippen molar-refractivity contribution >= 4 is 11.6 Å². The number of ether oxygens (including phenoxy) is 1. The maximum absolute atomic E-state index is 13.3. The fraction of sp³-hybridized carbons (Fsp3) is 0.174. The van der Waals surface area contributed by atoms with Gasteiger partial charge in [0.25, 0.3) is 5.91 Å². The van der Waals surface area contributed by atoms with Gasteiger partial charge in [0.15, 0.2) is 12.4 Å². The van der Waals surface area contributed by atoms with Crippen LogP contribution in [0.4, 0.5) is 10.1 Å². The van der Waals surface area contributed by atoms with Crippen LogP contribution in [0.25, 0.3) is 0 Å². The molecule has 0 saturated carbocycles. The monoisotopic (exact) mass is 419 g/mol. The SMILES string of the molecule is Cc1ccc(C)c(OCn2ccc(C(=O)Nc3cnn(Cc4cccc(F)c4)c3)n2)c1. The van der Waals surface area contributed by atoms with Crippen molar-refractivity contribution in [1.29, 1.82) is 0 Å². The minimum Gasteiger partial charge on any atom is -0.471 e. The maximum Gasteiger partial charge on any atom is 0.276 e. The summed E-state index contributed by atoms with van der Waals surface area (Å²) in [5.41, 5.74) is 3.72. The molecule has 0 aliphatic heterocycles. The molecule has 158 valence electrons. The first-order valence-corrected chi connectivity index (χ1v) is 9.78. The number of halogens is 1. The molecule has 4 rings (SSSR count). The molecule has 2 aromatic heterocycles. The lowest BCUT2D eigenvalue weighted by atomic mass is 10.1. The van der Waals surface area contributed by atoms with Crippen molar-refractivity contribution < 1.29 is 13.9 Å². The van der Waals surface area contributed by atoms with Gasteiger partial charge in [0.1, 0.15) is 11.6 Å². The van der Waals surface area contributed by atoms with E-state index < -0.39 is 0 Å². The van der Waals surface area contributed by atoms with E-state index in [4.69, 9.17) is 4.74 Å². The summed E-state index contributed by atoms with van der Waals surface area (Å²) in [6, 6.07) is 13.9. The molecule has 8 heteroatoms. The smallest absolute Gasteiger partial charge is 0.276 e. The van der Waals surface area contributed by atoms with Gasteiger partial charge in [0, 0.05) is 12.4 Å². The van der Waals surface area contributed by atoms with Gasteiger partial charge in [0.2, 0.25) is 0 Å². The highest BCUT2D eigenvalue weighted by Crippen LogP contribution is 2.19. The van der Waals surface area contributed by atoms with Crippen LogP contribution in [-0.4, -0.2) is 25.5 Å². The van der Waals surface area contributed by atoms with Gasteiger partial charge < -0.3 is 10.1 Å². The Hall–Kier alpha value is -3.94. The number of nitrogens with zero attached hydrogens (tertiary/aromatic N) is 4. The van der Waals surface area contributed by atoms with Crippen molar-refractivity contribution in [2.24, 2.45) is 0 Å². The number of nitrogens with one attached hydrogen (secondary N) is 1. The number of hydrogen-bond acceptors (Lipinski definition) is 4. The second-order valence-corrected chi connectivity index (χ2v) is 7.29. The van der Waals surface area contributed by atoms with E-state index in [9.17, 15) is 9.18 Å². The van der Waals surface area contributed by atoms with Crippen molar-refractivity contribution in [2.75, 3.05) is 5.32 Å². The molecule has 1 N–H and O–H groups in total. The Bertz CT molecular complexity index is 1210. The minimum absolute atomic E-state index is 0.198. The van der Waals surface area contributed by atoms with Crippen LogP contribution in [0.1, 0.15) is 27.2 Å². The predicted molar refractivity (Wildman–Crippen MR) is 114 cm³/mol. The van der Waals surface area contributed by atoms with Crippen LogP contribution in [0, 0.1) is 19.7 Å². The van der Waals surface area contributed by atoms with Gasteiger partial charge in [-0.1, -0.05) is 24.3 Å². The van der Waals surface area contributed by atoms with Crippen LogP contribution < -0.4 is 10.1 Å². The quantitative estimate of drug-likeness (QED) is 0.488. The summed E-state index contributed by atoms with van der Waals surface area (Å²) in [4.78, 5) is 12.5. The van der Waals surface area contributed by atoms with E-state index in [1.807, 2.05) is 38.1 Å². The van der Waals surface area contributed by atoms with Crippen molar-refractivity contribution in [2.45, 2.75) is 27.1 Å². The molecule has 0 atom stereocenters. The molecule has 31 heavy (non-hydrogen) atoms. The summed E-state index contributed by atoms with van der Waals surface area (Å²) in [5, 5.41) is 11.2. The summed E-state index contributed by atoms with van der Waals surface area (Å²) in [6.07, 6.45) is 4.91. The molecule has 2 aromatic carbocycles. The molecule has 0 spiro atoms. The van der Waals surface area contributed by atoms with Crippen LogP contribution in [0.5, 0.6) is 5.75 Å². The van der Waals surface area contributed by atoms with Crippen LogP contribution in [0.2, 0.25) is 0 Å². The summed E-state index contributed by atoms with van der Waals surface area (Å²) < 4.78 is 22.3. The highest BCUT2D eigenvalue weighted by atomic mass is 19.1. The summed E-state index contributed by atoms with van der Waals surface area (Å²) in [5.74, 6) is 0.137. The number of aromatic nitrogens is 4. The van der Waals surface area contributed by atoms with Crippen LogP contribution in [0.3, 0.4) is 0 Å². The van der Waals surface area contributed by atoms with Gasteiger partial charge in [-0.25, -0.2) is 9.07 Å². The van der Waals surface area contributed by atoms with Crippen LogP contribution in [-0.2, 0) is 13.3 Å². The highest BCUT2D eigenvalue weighted by Gasteiger charge is 2.12. The Morgan fingerprint density at radius 1 is 1.13 bits per heavy atom. The van der Waals surface area contributed by atoms with E-state index >= 15 is 0 Å². The molecule has 0 bridgehead atoms. The molecule has 2 heterocycles. The number of amides is 1. The van der Waals surface area contributed by atoms with E-state index in [0.29, 0.717) is 12.2 Å². The molecular formula is C23H22FN5O2. The molecular weight excluding hydrogens is 397 g/mol. The second-order valence-electron chi connectivity index (χ2n) is 7.29. The lowest BCUT2D eigenvalue weighted by Gasteiger charge is -2.09. The molecule has 4 aromatic rings. The third-order valence-electron chi connectivity index (χ3n) is 4.69. The highest BCUT2D eigenvalue weighted by molar-refractivity contribution is 6.02. The number of carbonyl (C=O) groups is 1. The first kappa shape index (κ1) is 20.3. The Labute approximate surface area is 179 Å². The van der Waals surface area contributed by atoms with Crippen molar-refractivity contribution in [3.8, 4) is 5.75 Å². The summed E-state index contributed by atoms with van der Waals surface area (Å²) in [7, 11) is 0. The van der Waals surface area contributed by atoms with E-state index in [1.54, 1.807) is 33.9 Å². The zero-order valence-corrected chi connectivity index (χ0v) is 17.2. The Morgan fingerprint density at radius 2 is 2.00 bits per heavy atom. The average molecular weight is 419 g/mol. The minimum atomic E-state index is -0.351. The van der Waals surface area contributed by atoms with Gasteiger partial charge in [-0.3, -0.25) is 9.48 Å². The lowest BCUT2D eigenvalue weighted by Crippen LogP contribution is -2.14. The van der Waals surface area contributed by atoms with Crippen LogP contribution in [0.15, 0.2) is 67.1 Å². The van der Waals surface area contributed by atoms with Crippen molar-refractivity contribution in [1.82, 2.24) is 19.6 Å². The van der Waals surface area contributed by atoms with E-state index in [-0.39, 0.29) is 24.1 Å². The summed E-state index contributed by atoms with van der Waals surface area (Å²) >= 11 is 0. The van der Waals surface area contributed by atoms with Crippen molar-refractivity contribution in [3.63, 3.8) is 0 Å². The van der Waals surface area contributed by atoms with E-state index in [2.05, 4.69) is 15.5 Å². The first-order valence-electron chi connectivity index (χ1n) is 9.78. The van der Waals surface area contributed by atoms with Gasteiger partial charge in [-0.2, -0.15) is 10.2 Å². The molecule has 0 aliphatic rings. The number of hydrogen-bond donors (Lipinski definition) is 1. The fourth-order valence-corrected chi connectivity index (χ4v) is 3.09. The molecule has 7 nitrogen and oxygen atoms in total. The summed E-state index contributed by atoms with van der Waals surface area (Å²) in [6.45, 7) is 4.58. The molecule has 0 radical (unpaired) electrons. The van der Waals surface area contributed by atoms with Gasteiger partial charge in [-0.05, 0) is 54.8 Å². The first-order chi connectivity index (χ1) is 15.0. The lowest BCUT2D eigenvalue weighted by molar-refractivity contribution is 0.102. The number of aryl methyl sites for hydroxylation is 2. The largest absolute Gasteiger partial charge is 0.471 e. The molecule has 0 aliphatic carbocycles. The molecule has 0 fully saturated rings. The third kappa shape index (κ3) is 5.16. The van der Waals surface area contributed by atoms with Gasteiger partial charge in [0.05, 0.1) is 18.4 Å².